The van der Waals surface area contributed by atoms with Crippen LogP contribution in [0.1, 0.15) is 25.7 Å². The summed E-state index contributed by atoms with van der Waals surface area (Å²) in [7, 11) is 0. The smallest absolute Gasteiger partial charge is 0.246 e. The first-order valence-corrected chi connectivity index (χ1v) is 5.46. The van der Waals surface area contributed by atoms with Crippen LogP contribution < -0.4 is 11.1 Å². The Hall–Kier alpha value is -0.580. The van der Waals surface area contributed by atoms with Gasteiger partial charge in [-0.05, 0) is 25.7 Å². The van der Waals surface area contributed by atoms with Gasteiger partial charge >= 0.3 is 0 Å². The molecule has 1 rings (SSSR count). The summed E-state index contributed by atoms with van der Waals surface area (Å²) >= 11 is 0. The van der Waals surface area contributed by atoms with E-state index in [4.69, 9.17) is 10.5 Å². The lowest BCUT2D eigenvalue weighted by Gasteiger charge is -2.26. The molecular weight excluding hydrogens is 228 g/mol. The fraction of sp³-hybridized carbons (Fsp3) is 0.727. The van der Waals surface area contributed by atoms with Crippen LogP contribution >= 0.6 is 12.4 Å². The highest BCUT2D eigenvalue weighted by molar-refractivity contribution is 5.85. The monoisotopic (exact) mass is 248 g/mol. The van der Waals surface area contributed by atoms with E-state index in [0.717, 1.165) is 25.7 Å². The van der Waals surface area contributed by atoms with Crippen LogP contribution in [0, 0.1) is 0 Å². The SMILES string of the molecule is C=CCOCC(=O)NC1CCC(N)CC1.Cl. The highest BCUT2D eigenvalue weighted by atomic mass is 35.5. The normalized spacial score (nSPS) is 24.3. The molecule has 1 fully saturated rings. The molecule has 4 nitrogen and oxygen atoms in total. The lowest BCUT2D eigenvalue weighted by molar-refractivity contribution is -0.126. The quantitative estimate of drug-likeness (QED) is 0.564. The molecule has 1 aliphatic rings. The Morgan fingerprint density at radius 2 is 2.06 bits per heavy atom. The molecule has 0 aromatic heterocycles. The van der Waals surface area contributed by atoms with Crippen molar-refractivity contribution < 1.29 is 9.53 Å². The summed E-state index contributed by atoms with van der Waals surface area (Å²) in [6.07, 6.45) is 5.59. The maximum absolute atomic E-state index is 11.4. The average Bonchev–Trinajstić information content (AvgIpc) is 2.22. The predicted molar refractivity (Wildman–Crippen MR) is 66.6 cm³/mol. The number of amides is 1. The highest BCUT2D eigenvalue weighted by Crippen LogP contribution is 2.16. The molecule has 16 heavy (non-hydrogen) atoms. The molecule has 0 bridgehead atoms. The fourth-order valence-electron chi connectivity index (χ4n) is 1.77. The predicted octanol–water partition coefficient (Wildman–Crippen LogP) is 0.997. The molecule has 94 valence electrons. The second-order valence-electron chi connectivity index (χ2n) is 3.98. The fourth-order valence-corrected chi connectivity index (χ4v) is 1.77. The maximum Gasteiger partial charge on any atom is 0.246 e. The Balaban J connectivity index is 0.00000225. The summed E-state index contributed by atoms with van der Waals surface area (Å²) in [5, 5.41) is 2.94. The van der Waals surface area contributed by atoms with E-state index in [1.807, 2.05) is 0 Å². The van der Waals surface area contributed by atoms with Gasteiger partial charge in [0.25, 0.3) is 0 Å². The standard InChI is InChI=1S/C11H20N2O2.ClH/c1-2-7-15-8-11(14)13-10-5-3-9(12)4-6-10;/h2,9-10H,1,3-8,12H2,(H,13,14);1H. The van der Waals surface area contributed by atoms with Crippen LogP contribution in [0.2, 0.25) is 0 Å². The van der Waals surface area contributed by atoms with Gasteiger partial charge in [0.2, 0.25) is 5.91 Å². The van der Waals surface area contributed by atoms with Gasteiger partial charge in [-0.25, -0.2) is 0 Å². The minimum absolute atomic E-state index is 0. The topological polar surface area (TPSA) is 64.3 Å². The molecule has 0 aromatic carbocycles. The molecule has 5 heteroatoms. The lowest BCUT2D eigenvalue weighted by Crippen LogP contribution is -2.41. The van der Waals surface area contributed by atoms with Gasteiger partial charge in [0.05, 0.1) is 6.61 Å². The van der Waals surface area contributed by atoms with Gasteiger partial charge in [-0.2, -0.15) is 0 Å². The van der Waals surface area contributed by atoms with Crippen LogP contribution in [0.15, 0.2) is 12.7 Å². The third kappa shape index (κ3) is 6.10. The molecule has 0 unspecified atom stereocenters. The van der Waals surface area contributed by atoms with Gasteiger partial charge in [0.15, 0.2) is 0 Å². The number of carbonyl (C=O) groups is 1. The third-order valence-corrected chi connectivity index (χ3v) is 2.61. The van der Waals surface area contributed by atoms with Crippen molar-refractivity contribution in [1.29, 1.82) is 0 Å². The van der Waals surface area contributed by atoms with Crippen molar-refractivity contribution in [2.45, 2.75) is 37.8 Å². The zero-order valence-electron chi connectivity index (χ0n) is 9.48. The largest absolute Gasteiger partial charge is 0.368 e. The molecule has 3 N–H and O–H groups in total. The molecule has 0 radical (unpaired) electrons. The molecule has 1 aliphatic carbocycles. The van der Waals surface area contributed by atoms with Gasteiger partial charge < -0.3 is 15.8 Å². The molecular formula is C11H21ClN2O2. The Bertz CT molecular complexity index is 216. The van der Waals surface area contributed by atoms with E-state index in [1.54, 1.807) is 6.08 Å². The summed E-state index contributed by atoms with van der Waals surface area (Å²) in [5.74, 6) is -0.0441. The average molecular weight is 249 g/mol. The summed E-state index contributed by atoms with van der Waals surface area (Å²) in [6, 6.07) is 0.597. The van der Waals surface area contributed by atoms with Crippen LogP contribution in [-0.2, 0) is 9.53 Å². The number of ether oxygens (including phenoxy) is 1. The Kier molecular flexibility index (Phi) is 8.25. The first kappa shape index (κ1) is 15.4. The molecule has 0 saturated heterocycles. The number of nitrogens with one attached hydrogen (secondary N) is 1. The van der Waals surface area contributed by atoms with E-state index in [9.17, 15) is 4.79 Å². The minimum atomic E-state index is -0.0441. The van der Waals surface area contributed by atoms with Crippen LogP contribution in [0.25, 0.3) is 0 Å². The molecule has 1 saturated carbocycles. The van der Waals surface area contributed by atoms with Crippen LogP contribution in [-0.4, -0.2) is 31.2 Å². The summed E-state index contributed by atoms with van der Waals surface area (Å²) in [4.78, 5) is 11.4. The Morgan fingerprint density at radius 1 is 1.44 bits per heavy atom. The van der Waals surface area contributed by atoms with E-state index in [2.05, 4.69) is 11.9 Å². The van der Waals surface area contributed by atoms with E-state index < -0.39 is 0 Å². The second-order valence-corrected chi connectivity index (χ2v) is 3.98. The second kappa shape index (κ2) is 8.56. The molecule has 0 aromatic rings. The van der Waals surface area contributed by atoms with Crippen molar-refractivity contribution in [3.05, 3.63) is 12.7 Å². The number of halogens is 1. The summed E-state index contributed by atoms with van der Waals surface area (Å²) in [6.45, 7) is 4.05. The third-order valence-electron chi connectivity index (χ3n) is 2.61. The van der Waals surface area contributed by atoms with E-state index >= 15 is 0 Å². The Morgan fingerprint density at radius 3 is 2.62 bits per heavy atom. The lowest BCUT2D eigenvalue weighted by atomic mass is 9.92. The first-order valence-electron chi connectivity index (χ1n) is 5.46. The van der Waals surface area contributed by atoms with Crippen LogP contribution in [0.3, 0.4) is 0 Å². The summed E-state index contributed by atoms with van der Waals surface area (Å²) in [5.41, 5.74) is 5.78. The van der Waals surface area contributed by atoms with Gasteiger partial charge in [-0.1, -0.05) is 6.08 Å². The van der Waals surface area contributed by atoms with E-state index in [1.165, 1.54) is 0 Å². The molecule has 1 amide bonds. The van der Waals surface area contributed by atoms with Gasteiger partial charge in [0.1, 0.15) is 6.61 Å². The Labute approximate surface area is 103 Å². The van der Waals surface area contributed by atoms with Crippen molar-refractivity contribution in [2.75, 3.05) is 13.2 Å². The summed E-state index contributed by atoms with van der Waals surface area (Å²) < 4.78 is 5.05. The van der Waals surface area contributed by atoms with Crippen molar-refractivity contribution in [3.8, 4) is 0 Å². The van der Waals surface area contributed by atoms with Crippen molar-refractivity contribution in [1.82, 2.24) is 5.32 Å². The van der Waals surface area contributed by atoms with Gasteiger partial charge in [0, 0.05) is 12.1 Å². The zero-order valence-corrected chi connectivity index (χ0v) is 10.3. The number of rotatable bonds is 5. The van der Waals surface area contributed by atoms with Gasteiger partial charge in [-0.3, -0.25) is 4.79 Å². The number of nitrogens with two attached hydrogens (primary N) is 1. The van der Waals surface area contributed by atoms with Crippen LogP contribution in [0.4, 0.5) is 0 Å². The minimum Gasteiger partial charge on any atom is -0.368 e. The van der Waals surface area contributed by atoms with Gasteiger partial charge in [-0.15, -0.1) is 19.0 Å². The molecule has 0 heterocycles. The molecule has 0 aliphatic heterocycles. The van der Waals surface area contributed by atoms with E-state index in [0.29, 0.717) is 12.6 Å². The van der Waals surface area contributed by atoms with Crippen molar-refractivity contribution >= 4 is 18.3 Å². The number of hydrogen-bond donors (Lipinski definition) is 2. The highest BCUT2D eigenvalue weighted by Gasteiger charge is 2.19. The van der Waals surface area contributed by atoms with Crippen molar-refractivity contribution in [3.63, 3.8) is 0 Å². The van der Waals surface area contributed by atoms with Crippen LogP contribution in [0.5, 0.6) is 0 Å². The first-order chi connectivity index (χ1) is 7.22. The molecule has 0 spiro atoms. The molecule has 0 atom stereocenters. The van der Waals surface area contributed by atoms with E-state index in [-0.39, 0.29) is 31.0 Å². The zero-order chi connectivity index (χ0) is 11.1. The number of carbonyl (C=O) groups excluding carboxylic acids is 1. The maximum atomic E-state index is 11.4. The van der Waals surface area contributed by atoms with Crippen molar-refractivity contribution in [2.24, 2.45) is 5.73 Å². The number of hydrogen-bond acceptors (Lipinski definition) is 3.